The van der Waals surface area contributed by atoms with Crippen LogP contribution < -0.4 is 10.6 Å². The largest absolute Gasteiger partial charge is 0.466 e. The predicted molar refractivity (Wildman–Crippen MR) is 114 cm³/mol. The van der Waals surface area contributed by atoms with Crippen molar-refractivity contribution in [3.05, 3.63) is 0 Å². The molecule has 0 aliphatic heterocycles. The molecular formula is C22H34N2O9. The summed E-state index contributed by atoms with van der Waals surface area (Å²) >= 11 is 0. The van der Waals surface area contributed by atoms with Crippen LogP contribution in [0.25, 0.3) is 0 Å². The van der Waals surface area contributed by atoms with Crippen LogP contribution in [0.4, 0.5) is 4.79 Å². The lowest BCUT2D eigenvalue weighted by Crippen LogP contribution is -2.61. The minimum Gasteiger partial charge on any atom is -0.466 e. The third-order valence-corrected chi connectivity index (χ3v) is 5.59. The van der Waals surface area contributed by atoms with Gasteiger partial charge in [-0.15, -0.1) is 0 Å². The van der Waals surface area contributed by atoms with Crippen molar-refractivity contribution in [1.82, 2.24) is 10.6 Å². The maximum atomic E-state index is 13.1. The van der Waals surface area contributed by atoms with Gasteiger partial charge in [0.1, 0.15) is 23.3 Å². The van der Waals surface area contributed by atoms with E-state index in [1.807, 2.05) is 0 Å². The van der Waals surface area contributed by atoms with E-state index in [1.165, 1.54) is 13.8 Å². The number of amides is 2. The summed E-state index contributed by atoms with van der Waals surface area (Å²) in [6.45, 7) is 11.2. The molecule has 2 N–H and O–H groups in total. The number of hydrogen-bond acceptors (Lipinski definition) is 9. The van der Waals surface area contributed by atoms with Gasteiger partial charge in [0.25, 0.3) is 0 Å². The van der Waals surface area contributed by atoms with E-state index in [1.54, 1.807) is 34.6 Å². The Hall–Kier alpha value is -2.85. The van der Waals surface area contributed by atoms with Gasteiger partial charge >= 0.3 is 24.0 Å². The number of hydrogen-bond donors (Lipinski definition) is 2. The monoisotopic (exact) mass is 470 g/mol. The molecule has 0 aromatic rings. The Morgan fingerprint density at radius 2 is 1.67 bits per heavy atom. The number of carbonyl (C=O) groups excluding carboxylic acids is 5. The molecule has 11 nitrogen and oxygen atoms in total. The van der Waals surface area contributed by atoms with Crippen molar-refractivity contribution in [1.29, 1.82) is 0 Å². The molecule has 0 bridgehead atoms. The summed E-state index contributed by atoms with van der Waals surface area (Å²) in [6.07, 6.45) is -1.63. The maximum absolute atomic E-state index is 13.1. The quantitative estimate of drug-likeness (QED) is 0.393. The van der Waals surface area contributed by atoms with E-state index >= 15 is 0 Å². The lowest BCUT2D eigenvalue weighted by atomic mass is 9.88. The van der Waals surface area contributed by atoms with Crippen LogP contribution >= 0.6 is 0 Å². The highest BCUT2D eigenvalue weighted by Crippen LogP contribution is 2.64. The average Bonchev–Trinajstić information content (AvgIpc) is 3.34. The lowest BCUT2D eigenvalue weighted by molar-refractivity contribution is -0.160. The first-order valence-electron chi connectivity index (χ1n) is 11.1. The molecule has 2 fully saturated rings. The number of ether oxygens (including phenoxy) is 4. The van der Waals surface area contributed by atoms with Gasteiger partial charge in [0.05, 0.1) is 19.1 Å². The summed E-state index contributed by atoms with van der Waals surface area (Å²) in [5.74, 6) is -4.41. The van der Waals surface area contributed by atoms with E-state index in [4.69, 9.17) is 18.9 Å². The second-order valence-corrected chi connectivity index (χ2v) is 9.28. The highest BCUT2D eigenvalue weighted by atomic mass is 16.6. The van der Waals surface area contributed by atoms with Gasteiger partial charge in [-0.1, -0.05) is 0 Å². The number of rotatable bonds is 8. The average molecular weight is 471 g/mol. The summed E-state index contributed by atoms with van der Waals surface area (Å²) in [4.78, 5) is 62.3. The predicted octanol–water partition coefficient (Wildman–Crippen LogP) is 1.08. The first-order valence-corrected chi connectivity index (χ1v) is 11.1. The fourth-order valence-corrected chi connectivity index (χ4v) is 4.44. The van der Waals surface area contributed by atoms with Crippen molar-refractivity contribution in [3.8, 4) is 0 Å². The highest BCUT2D eigenvalue weighted by Gasteiger charge is 2.77. The molecule has 6 atom stereocenters. The number of nitrogens with one attached hydrogen (secondary N) is 2. The van der Waals surface area contributed by atoms with Crippen LogP contribution in [0.1, 0.15) is 54.9 Å². The van der Waals surface area contributed by atoms with Gasteiger partial charge in [0.2, 0.25) is 5.91 Å². The normalized spacial score (nSPS) is 28.6. The third kappa shape index (κ3) is 5.94. The second-order valence-electron chi connectivity index (χ2n) is 9.28. The molecule has 2 rings (SSSR count). The summed E-state index contributed by atoms with van der Waals surface area (Å²) in [7, 11) is 0. The topological polar surface area (TPSA) is 146 Å². The van der Waals surface area contributed by atoms with Crippen molar-refractivity contribution < 1.29 is 42.9 Å². The molecule has 33 heavy (non-hydrogen) atoms. The third-order valence-electron chi connectivity index (χ3n) is 5.59. The van der Waals surface area contributed by atoms with Crippen molar-refractivity contribution in [3.63, 3.8) is 0 Å². The minimum atomic E-state index is -1.61. The molecule has 2 aliphatic carbocycles. The molecule has 0 aromatic heterocycles. The van der Waals surface area contributed by atoms with Crippen LogP contribution in [-0.2, 0) is 38.1 Å². The van der Waals surface area contributed by atoms with Crippen LogP contribution in [0, 0.1) is 17.8 Å². The fourth-order valence-electron chi connectivity index (χ4n) is 4.44. The second kappa shape index (κ2) is 9.96. The Morgan fingerprint density at radius 3 is 2.18 bits per heavy atom. The van der Waals surface area contributed by atoms with Gasteiger partial charge in [-0.3, -0.25) is 14.4 Å². The first kappa shape index (κ1) is 26.4. The fraction of sp³-hybridized carbons (Fsp3) is 0.773. The molecule has 0 radical (unpaired) electrons. The number of alkyl carbamates (subject to hydrolysis) is 1. The molecule has 0 spiro atoms. The summed E-state index contributed by atoms with van der Waals surface area (Å²) < 4.78 is 20.9. The zero-order valence-corrected chi connectivity index (χ0v) is 20.2. The summed E-state index contributed by atoms with van der Waals surface area (Å²) in [5.41, 5.74) is -2.37. The summed E-state index contributed by atoms with van der Waals surface area (Å²) in [5, 5.41) is 5.11. The molecule has 11 heteroatoms. The Labute approximate surface area is 193 Å². The molecule has 2 aliphatic rings. The molecule has 2 amide bonds. The SMILES string of the molecule is CCOC(=O)[C@H]1C2[C@@H](OC(C)=O)C[C@@](NC(=O)[C@H](C)NC(=O)OC(C)(C)C)(C(=O)OCC)[C@@H]21. The molecule has 0 heterocycles. The Kier molecular flexibility index (Phi) is 7.97. The molecule has 0 aromatic carbocycles. The van der Waals surface area contributed by atoms with Crippen molar-refractivity contribution >= 4 is 29.9 Å². The number of carbonyl (C=O) groups is 5. The van der Waals surface area contributed by atoms with Crippen LogP contribution in [0.3, 0.4) is 0 Å². The van der Waals surface area contributed by atoms with Crippen molar-refractivity contribution in [2.24, 2.45) is 17.8 Å². The Balaban J connectivity index is 2.29. The van der Waals surface area contributed by atoms with E-state index in [9.17, 15) is 24.0 Å². The maximum Gasteiger partial charge on any atom is 0.408 e. The molecule has 186 valence electrons. The lowest BCUT2D eigenvalue weighted by Gasteiger charge is -2.33. The minimum absolute atomic E-state index is 0.0435. The standard InChI is InChI=1S/C22H34N2O9/c1-8-30-18(27)15-14-13(32-12(4)25)10-22(16(14)15,19(28)31-9-2)24-17(26)11(3)23-20(29)33-21(5,6)7/h11,13-16H,8-10H2,1-7H3,(H,23,29)(H,24,26)/t11-,13-,14?,15-,16-,22-/m0/s1. The van der Waals surface area contributed by atoms with Crippen LogP contribution in [0.15, 0.2) is 0 Å². The van der Waals surface area contributed by atoms with Crippen molar-refractivity contribution in [2.75, 3.05) is 13.2 Å². The smallest absolute Gasteiger partial charge is 0.408 e. The zero-order valence-electron chi connectivity index (χ0n) is 20.2. The van der Waals surface area contributed by atoms with Crippen LogP contribution in [-0.4, -0.2) is 66.4 Å². The summed E-state index contributed by atoms with van der Waals surface area (Å²) in [6, 6.07) is -1.06. The van der Waals surface area contributed by atoms with E-state index in [0.29, 0.717) is 0 Å². The molecule has 2 saturated carbocycles. The molecule has 0 saturated heterocycles. The van der Waals surface area contributed by atoms with Crippen LogP contribution in [0.2, 0.25) is 0 Å². The zero-order chi connectivity index (χ0) is 25.1. The van der Waals surface area contributed by atoms with Gasteiger partial charge in [0, 0.05) is 25.2 Å². The van der Waals surface area contributed by atoms with E-state index in [0.717, 1.165) is 0 Å². The number of esters is 3. The van der Waals surface area contributed by atoms with Gasteiger partial charge in [-0.25, -0.2) is 9.59 Å². The van der Waals surface area contributed by atoms with E-state index in [2.05, 4.69) is 10.6 Å². The Morgan fingerprint density at radius 1 is 1.06 bits per heavy atom. The van der Waals surface area contributed by atoms with Gasteiger partial charge < -0.3 is 29.6 Å². The van der Waals surface area contributed by atoms with Gasteiger partial charge in [-0.05, 0) is 41.5 Å². The van der Waals surface area contributed by atoms with Crippen LogP contribution in [0.5, 0.6) is 0 Å². The van der Waals surface area contributed by atoms with E-state index in [-0.39, 0.29) is 19.6 Å². The Bertz CT molecular complexity index is 806. The van der Waals surface area contributed by atoms with Gasteiger partial charge in [0.15, 0.2) is 0 Å². The number of fused-ring (bicyclic) bond motifs is 1. The first-order chi connectivity index (χ1) is 15.3. The van der Waals surface area contributed by atoms with Gasteiger partial charge in [-0.2, -0.15) is 0 Å². The molecular weight excluding hydrogens is 436 g/mol. The molecule has 1 unspecified atom stereocenters. The van der Waals surface area contributed by atoms with E-state index < -0.39 is 70.9 Å². The van der Waals surface area contributed by atoms with Crippen molar-refractivity contribution in [2.45, 2.75) is 78.2 Å². The highest BCUT2D eigenvalue weighted by molar-refractivity contribution is 5.94.